The van der Waals surface area contributed by atoms with Gasteiger partial charge in [0.25, 0.3) is 11.8 Å². The van der Waals surface area contributed by atoms with Crippen molar-refractivity contribution < 1.29 is 19.1 Å². The Morgan fingerprint density at radius 1 is 0.971 bits per heavy atom. The second-order valence-electron chi connectivity index (χ2n) is 9.21. The Balaban J connectivity index is 1.51. The van der Waals surface area contributed by atoms with E-state index in [4.69, 9.17) is 4.74 Å². The third-order valence-electron chi connectivity index (χ3n) is 5.65. The molecule has 0 aliphatic carbocycles. The number of nitrogens with one attached hydrogen (secondary N) is 1. The van der Waals surface area contributed by atoms with Gasteiger partial charge in [-0.1, -0.05) is 36.4 Å². The summed E-state index contributed by atoms with van der Waals surface area (Å²) in [4.78, 5) is 43.2. The fourth-order valence-corrected chi connectivity index (χ4v) is 3.97. The lowest BCUT2D eigenvalue weighted by atomic mass is 9.98. The van der Waals surface area contributed by atoms with Gasteiger partial charge in [0.1, 0.15) is 5.60 Å². The molecule has 1 atom stereocenters. The van der Waals surface area contributed by atoms with Crippen molar-refractivity contribution in [1.29, 1.82) is 0 Å². The number of pyridine rings is 1. The van der Waals surface area contributed by atoms with E-state index < -0.39 is 17.7 Å². The van der Waals surface area contributed by atoms with Gasteiger partial charge in [-0.15, -0.1) is 0 Å². The molecular weight excluding hydrogens is 430 g/mol. The minimum absolute atomic E-state index is 0.278. The first-order chi connectivity index (χ1) is 16.2. The first kappa shape index (κ1) is 23.2. The molecule has 2 aromatic carbocycles. The molecule has 34 heavy (non-hydrogen) atoms. The zero-order valence-electron chi connectivity index (χ0n) is 19.7. The highest BCUT2D eigenvalue weighted by atomic mass is 16.6. The topological polar surface area (TPSA) is 88.6 Å². The Bertz CT molecular complexity index is 1210. The molecule has 4 rings (SSSR count). The molecule has 7 nitrogen and oxygen atoms in total. The molecule has 0 saturated carbocycles. The summed E-state index contributed by atoms with van der Waals surface area (Å²) in [6.07, 6.45) is 2.93. The minimum atomic E-state index is -0.572. The van der Waals surface area contributed by atoms with Crippen LogP contribution >= 0.6 is 0 Å². The second kappa shape index (κ2) is 9.09. The molecule has 0 spiro atoms. The van der Waals surface area contributed by atoms with E-state index in [-0.39, 0.29) is 11.8 Å². The maximum Gasteiger partial charge on any atom is 0.407 e. The number of hydrogen-bond acceptors (Lipinski definition) is 5. The lowest BCUT2D eigenvalue weighted by Gasteiger charge is -2.23. The normalized spacial score (nSPS) is 14.1. The molecule has 1 aromatic heterocycles. The lowest BCUT2D eigenvalue weighted by Crippen LogP contribution is -2.32. The van der Waals surface area contributed by atoms with Crippen LogP contribution in [0.15, 0.2) is 67.0 Å². The summed E-state index contributed by atoms with van der Waals surface area (Å²) in [5, 5.41) is 2.78. The Hall–Kier alpha value is -4.00. The van der Waals surface area contributed by atoms with E-state index in [2.05, 4.69) is 10.3 Å². The third kappa shape index (κ3) is 4.69. The van der Waals surface area contributed by atoms with E-state index in [0.29, 0.717) is 17.7 Å². The Labute approximate surface area is 198 Å². The van der Waals surface area contributed by atoms with Gasteiger partial charge < -0.3 is 10.1 Å². The predicted molar refractivity (Wildman–Crippen MR) is 128 cm³/mol. The molecule has 7 heteroatoms. The highest BCUT2D eigenvalue weighted by molar-refractivity contribution is 6.21. The van der Waals surface area contributed by atoms with Crippen molar-refractivity contribution in [2.24, 2.45) is 0 Å². The third-order valence-corrected chi connectivity index (χ3v) is 5.65. The van der Waals surface area contributed by atoms with Crippen molar-refractivity contribution in [3.8, 4) is 11.1 Å². The van der Waals surface area contributed by atoms with E-state index >= 15 is 0 Å². The summed E-state index contributed by atoms with van der Waals surface area (Å²) in [6, 6.07) is 16.0. The second-order valence-corrected chi connectivity index (χ2v) is 9.21. The molecule has 2 heterocycles. The summed E-state index contributed by atoms with van der Waals surface area (Å²) in [5.74, 6) is -0.556. The molecular formula is C27H27N3O4. The van der Waals surface area contributed by atoms with Gasteiger partial charge in [-0.2, -0.15) is 0 Å². The SMILES string of the molecule is C[C@H](c1ccc(-c2cnccc2CNC(=O)OC(C)(C)C)cc1)N1C(=O)c2ccccc2C1=O. The molecule has 1 aliphatic heterocycles. The van der Waals surface area contributed by atoms with Crippen LogP contribution in [0.1, 0.15) is 65.6 Å². The van der Waals surface area contributed by atoms with E-state index in [0.717, 1.165) is 22.3 Å². The van der Waals surface area contributed by atoms with Crippen LogP contribution < -0.4 is 5.32 Å². The van der Waals surface area contributed by atoms with E-state index in [1.807, 2.05) is 58.0 Å². The molecule has 3 amide bonds. The quantitative estimate of drug-likeness (QED) is 0.537. The number of imide groups is 1. The van der Waals surface area contributed by atoms with Gasteiger partial charge in [-0.25, -0.2) is 4.79 Å². The van der Waals surface area contributed by atoms with Crippen molar-refractivity contribution in [3.05, 3.63) is 89.2 Å². The van der Waals surface area contributed by atoms with Crippen molar-refractivity contribution in [3.63, 3.8) is 0 Å². The number of carbonyl (C=O) groups excluding carboxylic acids is 3. The Kier molecular flexibility index (Phi) is 6.20. The molecule has 0 bridgehead atoms. The fourth-order valence-electron chi connectivity index (χ4n) is 3.97. The first-order valence-electron chi connectivity index (χ1n) is 11.1. The number of hydrogen-bond donors (Lipinski definition) is 1. The van der Waals surface area contributed by atoms with Crippen LogP contribution in [0.3, 0.4) is 0 Å². The molecule has 3 aromatic rings. The number of alkyl carbamates (subject to hydrolysis) is 1. The fraction of sp³-hybridized carbons (Fsp3) is 0.259. The highest BCUT2D eigenvalue weighted by Gasteiger charge is 2.38. The molecule has 0 fully saturated rings. The van der Waals surface area contributed by atoms with Crippen LogP contribution in [-0.4, -0.2) is 33.4 Å². The monoisotopic (exact) mass is 457 g/mol. The summed E-state index contributed by atoms with van der Waals surface area (Å²) < 4.78 is 5.31. The molecule has 0 radical (unpaired) electrons. The molecule has 0 saturated heterocycles. The number of amides is 3. The zero-order chi connectivity index (χ0) is 24.5. The average molecular weight is 458 g/mol. The van der Waals surface area contributed by atoms with Gasteiger partial charge in [0.05, 0.1) is 17.2 Å². The first-order valence-corrected chi connectivity index (χ1v) is 11.1. The zero-order valence-corrected chi connectivity index (χ0v) is 19.7. The minimum Gasteiger partial charge on any atom is -0.444 e. The number of benzene rings is 2. The molecule has 1 N–H and O–H groups in total. The summed E-state index contributed by atoms with van der Waals surface area (Å²) in [6.45, 7) is 7.58. The molecule has 1 aliphatic rings. The average Bonchev–Trinajstić information content (AvgIpc) is 3.07. The number of nitrogens with zero attached hydrogens (tertiary/aromatic N) is 2. The summed E-state index contributed by atoms with van der Waals surface area (Å²) in [7, 11) is 0. The van der Waals surface area contributed by atoms with Gasteiger partial charge >= 0.3 is 6.09 Å². The number of aromatic nitrogens is 1. The maximum atomic E-state index is 12.8. The number of ether oxygens (including phenoxy) is 1. The predicted octanol–water partition coefficient (Wildman–Crippen LogP) is 5.13. The highest BCUT2D eigenvalue weighted by Crippen LogP contribution is 2.32. The number of fused-ring (bicyclic) bond motifs is 1. The van der Waals surface area contributed by atoms with Crippen LogP contribution in [0, 0.1) is 0 Å². The summed E-state index contributed by atoms with van der Waals surface area (Å²) in [5.41, 5.74) is 3.82. The largest absolute Gasteiger partial charge is 0.444 e. The van der Waals surface area contributed by atoms with E-state index in [9.17, 15) is 14.4 Å². The van der Waals surface area contributed by atoms with Crippen LogP contribution in [0.4, 0.5) is 4.79 Å². The van der Waals surface area contributed by atoms with Crippen LogP contribution in [0.5, 0.6) is 0 Å². The molecule has 0 unspecified atom stereocenters. The van der Waals surface area contributed by atoms with Gasteiger partial charge in [0, 0.05) is 24.5 Å². The van der Waals surface area contributed by atoms with Crippen molar-refractivity contribution in [1.82, 2.24) is 15.2 Å². The number of carbonyl (C=O) groups is 3. The Morgan fingerprint density at radius 3 is 2.18 bits per heavy atom. The van der Waals surface area contributed by atoms with Crippen LogP contribution in [0.2, 0.25) is 0 Å². The summed E-state index contributed by atoms with van der Waals surface area (Å²) >= 11 is 0. The van der Waals surface area contributed by atoms with Crippen molar-refractivity contribution in [2.45, 2.75) is 45.9 Å². The molecule has 174 valence electrons. The van der Waals surface area contributed by atoms with Gasteiger partial charge in [0.15, 0.2) is 0 Å². The van der Waals surface area contributed by atoms with Crippen LogP contribution in [-0.2, 0) is 11.3 Å². The van der Waals surface area contributed by atoms with Gasteiger partial charge in [-0.05, 0) is 62.6 Å². The van der Waals surface area contributed by atoms with E-state index in [1.54, 1.807) is 36.7 Å². The number of rotatable bonds is 5. The van der Waals surface area contributed by atoms with Crippen molar-refractivity contribution >= 4 is 17.9 Å². The lowest BCUT2D eigenvalue weighted by molar-refractivity contribution is 0.0521. The maximum absolute atomic E-state index is 12.8. The van der Waals surface area contributed by atoms with E-state index in [1.165, 1.54) is 4.90 Å². The Morgan fingerprint density at radius 2 is 1.59 bits per heavy atom. The van der Waals surface area contributed by atoms with Gasteiger partial charge in [0.2, 0.25) is 0 Å². The standard InChI is InChI=1S/C27H27N3O4/c1-17(30-24(31)21-7-5-6-8-22(21)25(30)32)18-9-11-19(12-10-18)23-16-28-14-13-20(23)15-29-26(33)34-27(2,3)4/h5-14,16-17H,15H2,1-4H3,(H,29,33)/t17-/m1/s1. The van der Waals surface area contributed by atoms with Crippen LogP contribution in [0.25, 0.3) is 11.1 Å². The van der Waals surface area contributed by atoms with Crippen molar-refractivity contribution in [2.75, 3.05) is 0 Å². The van der Waals surface area contributed by atoms with Gasteiger partial charge in [-0.3, -0.25) is 19.5 Å². The smallest absolute Gasteiger partial charge is 0.407 e.